The first-order valence-corrected chi connectivity index (χ1v) is 11.3. The van der Waals surface area contributed by atoms with E-state index in [1.807, 2.05) is 0 Å². The molecule has 0 N–H and O–H groups in total. The van der Waals surface area contributed by atoms with Crippen molar-refractivity contribution in [3.05, 3.63) is 72.0 Å². The molecule has 37 heavy (non-hydrogen) atoms. The van der Waals surface area contributed by atoms with E-state index in [-0.39, 0.29) is 23.6 Å². The molecule has 0 radical (unpaired) electrons. The Labute approximate surface area is 212 Å². The molecule has 0 aliphatic carbocycles. The Bertz CT molecular complexity index is 1490. The van der Waals surface area contributed by atoms with Gasteiger partial charge in [-0.05, 0) is 35.0 Å². The summed E-state index contributed by atoms with van der Waals surface area (Å²) in [6.45, 7) is -3.14. The number of nitrogens with zero attached hydrogens (tertiary/aromatic N) is 10. The van der Waals surface area contributed by atoms with Crippen LogP contribution >= 0.6 is 11.6 Å². The topological polar surface area (TPSA) is 114 Å². The summed E-state index contributed by atoms with van der Waals surface area (Å²) in [5.74, 6) is -0.0739. The zero-order valence-electron chi connectivity index (χ0n) is 19.2. The van der Waals surface area contributed by atoms with E-state index in [0.29, 0.717) is 28.3 Å². The standard InChI is InChI=1S/C22H18ClF3N10O/c1-34-21(28-11-31-34)14-9-30-35(10-14)17(6-7-37-22(25)26)16-4-2-13(8-27-16)19-18(36-12-29-32-33-36)5-3-15(23)20(19)24/h2-5,8-12,17,22H,6-7H2,1H3. The minimum Gasteiger partial charge on any atom is -0.323 e. The van der Waals surface area contributed by atoms with Gasteiger partial charge in [-0.15, -0.1) is 5.10 Å². The first-order valence-electron chi connectivity index (χ1n) is 10.9. The number of benzene rings is 1. The minimum absolute atomic E-state index is 0.0780. The van der Waals surface area contributed by atoms with Crippen LogP contribution in [0, 0.1) is 5.82 Å². The van der Waals surface area contributed by atoms with E-state index < -0.39 is 18.5 Å². The molecule has 4 aromatic heterocycles. The molecule has 0 amide bonds. The number of halogens is 4. The summed E-state index contributed by atoms with van der Waals surface area (Å²) in [5.41, 5.74) is 2.12. The number of alkyl halides is 2. The Morgan fingerprint density at radius 1 is 1.05 bits per heavy atom. The number of tetrazole rings is 1. The number of rotatable bonds is 9. The van der Waals surface area contributed by atoms with Crippen molar-refractivity contribution in [2.45, 2.75) is 19.1 Å². The van der Waals surface area contributed by atoms with Gasteiger partial charge in [0, 0.05) is 30.6 Å². The van der Waals surface area contributed by atoms with Gasteiger partial charge in [-0.25, -0.2) is 14.1 Å². The Balaban J connectivity index is 1.50. The third-order valence-corrected chi connectivity index (χ3v) is 5.90. The van der Waals surface area contributed by atoms with Gasteiger partial charge in [0.1, 0.15) is 12.7 Å². The molecule has 1 atom stereocenters. The van der Waals surface area contributed by atoms with Crippen molar-refractivity contribution in [2.75, 3.05) is 6.61 Å². The highest BCUT2D eigenvalue weighted by atomic mass is 35.5. The largest absolute Gasteiger partial charge is 0.345 e. The molecule has 15 heteroatoms. The summed E-state index contributed by atoms with van der Waals surface area (Å²) < 4.78 is 49.4. The normalized spacial score (nSPS) is 12.4. The monoisotopic (exact) mass is 530 g/mol. The third-order valence-electron chi connectivity index (χ3n) is 5.61. The number of hydrogen-bond donors (Lipinski definition) is 0. The number of aryl methyl sites for hydroxylation is 1. The lowest BCUT2D eigenvalue weighted by Crippen LogP contribution is -2.16. The SMILES string of the molecule is Cn1ncnc1-c1cnn(C(CCOC(F)F)c2ccc(-c3c(-n4cnnn4)ccc(Cl)c3F)cn2)c1. The van der Waals surface area contributed by atoms with Gasteiger partial charge in [0.2, 0.25) is 0 Å². The van der Waals surface area contributed by atoms with Gasteiger partial charge in [-0.1, -0.05) is 17.7 Å². The molecule has 4 heterocycles. The summed E-state index contributed by atoms with van der Waals surface area (Å²) in [5, 5.41) is 19.4. The highest BCUT2D eigenvalue weighted by Crippen LogP contribution is 2.34. The molecule has 5 rings (SSSR count). The van der Waals surface area contributed by atoms with Crippen molar-refractivity contribution in [2.24, 2.45) is 7.05 Å². The van der Waals surface area contributed by atoms with E-state index in [4.69, 9.17) is 11.6 Å². The van der Waals surface area contributed by atoms with E-state index >= 15 is 4.39 Å². The van der Waals surface area contributed by atoms with Crippen LogP contribution < -0.4 is 0 Å². The van der Waals surface area contributed by atoms with E-state index in [0.717, 1.165) is 0 Å². The predicted molar refractivity (Wildman–Crippen MR) is 124 cm³/mol. The molecule has 0 aliphatic rings. The van der Waals surface area contributed by atoms with Gasteiger partial charge in [0.25, 0.3) is 0 Å². The van der Waals surface area contributed by atoms with E-state index in [1.54, 1.807) is 47.0 Å². The summed E-state index contributed by atoms with van der Waals surface area (Å²) in [6, 6.07) is 5.75. The van der Waals surface area contributed by atoms with Gasteiger partial charge in [0.05, 0.1) is 40.8 Å². The lowest BCUT2D eigenvalue weighted by atomic mass is 10.0. The fraction of sp³-hybridized carbons (Fsp3) is 0.227. The van der Waals surface area contributed by atoms with Crippen LogP contribution in [0.4, 0.5) is 13.2 Å². The van der Waals surface area contributed by atoms with Crippen LogP contribution in [0.15, 0.2) is 55.5 Å². The molecule has 5 aromatic rings. The average Bonchev–Trinajstić information content (AvgIpc) is 3.66. The molecule has 0 saturated carbocycles. The fourth-order valence-electron chi connectivity index (χ4n) is 3.89. The quantitative estimate of drug-likeness (QED) is 0.283. The van der Waals surface area contributed by atoms with Gasteiger partial charge in [-0.2, -0.15) is 23.7 Å². The van der Waals surface area contributed by atoms with Crippen molar-refractivity contribution in [3.8, 4) is 28.2 Å². The van der Waals surface area contributed by atoms with Crippen LogP contribution in [0.25, 0.3) is 28.2 Å². The maximum Gasteiger partial charge on any atom is 0.345 e. The minimum atomic E-state index is -2.90. The molecular formula is C22H18ClF3N10O. The molecule has 0 aliphatic heterocycles. The van der Waals surface area contributed by atoms with Gasteiger partial charge in [0.15, 0.2) is 11.6 Å². The number of ether oxygens (including phenoxy) is 1. The summed E-state index contributed by atoms with van der Waals surface area (Å²) >= 11 is 6.04. The van der Waals surface area contributed by atoms with Crippen molar-refractivity contribution < 1.29 is 17.9 Å². The molecule has 190 valence electrons. The first-order chi connectivity index (χ1) is 17.9. The maximum atomic E-state index is 15.1. The zero-order valence-corrected chi connectivity index (χ0v) is 19.9. The van der Waals surface area contributed by atoms with Gasteiger partial charge < -0.3 is 4.74 Å². The summed E-state index contributed by atoms with van der Waals surface area (Å²) in [7, 11) is 1.74. The van der Waals surface area contributed by atoms with Crippen molar-refractivity contribution in [1.82, 2.24) is 49.7 Å². The molecule has 1 unspecified atom stereocenters. The number of pyridine rings is 1. The Kier molecular flexibility index (Phi) is 6.92. The highest BCUT2D eigenvalue weighted by molar-refractivity contribution is 6.31. The fourth-order valence-corrected chi connectivity index (χ4v) is 4.05. The van der Waals surface area contributed by atoms with E-state index in [1.165, 1.54) is 29.6 Å². The van der Waals surface area contributed by atoms with E-state index in [2.05, 4.69) is 40.4 Å². The first kappa shape index (κ1) is 24.5. The van der Waals surface area contributed by atoms with Crippen LogP contribution in [0.2, 0.25) is 5.02 Å². The van der Waals surface area contributed by atoms with Gasteiger partial charge >= 0.3 is 6.61 Å². The average molecular weight is 531 g/mol. The Morgan fingerprint density at radius 2 is 1.92 bits per heavy atom. The van der Waals surface area contributed by atoms with E-state index in [9.17, 15) is 8.78 Å². The number of hydrogen-bond acceptors (Lipinski definition) is 8. The van der Waals surface area contributed by atoms with Crippen molar-refractivity contribution >= 4 is 11.6 Å². The molecule has 0 fully saturated rings. The Hall–Kier alpha value is -4.17. The van der Waals surface area contributed by atoms with Crippen molar-refractivity contribution in [3.63, 3.8) is 0 Å². The predicted octanol–water partition coefficient (Wildman–Crippen LogP) is 3.73. The second kappa shape index (κ2) is 10.4. The van der Waals surface area contributed by atoms with Crippen LogP contribution in [0.1, 0.15) is 18.2 Å². The maximum absolute atomic E-state index is 15.1. The zero-order chi connectivity index (χ0) is 25.9. The highest BCUT2D eigenvalue weighted by Gasteiger charge is 2.21. The molecule has 0 spiro atoms. The van der Waals surface area contributed by atoms with Crippen LogP contribution in [-0.2, 0) is 11.8 Å². The molecule has 0 saturated heterocycles. The van der Waals surface area contributed by atoms with Crippen LogP contribution in [0.3, 0.4) is 0 Å². The molecule has 11 nitrogen and oxygen atoms in total. The molecular weight excluding hydrogens is 513 g/mol. The Morgan fingerprint density at radius 3 is 2.59 bits per heavy atom. The smallest absolute Gasteiger partial charge is 0.323 e. The molecule has 0 bridgehead atoms. The second-order valence-electron chi connectivity index (χ2n) is 7.83. The van der Waals surface area contributed by atoms with Gasteiger partial charge in [-0.3, -0.25) is 9.67 Å². The van der Waals surface area contributed by atoms with Crippen molar-refractivity contribution in [1.29, 1.82) is 0 Å². The lowest BCUT2D eigenvalue weighted by molar-refractivity contribution is -0.130. The third kappa shape index (κ3) is 5.06. The van der Waals surface area contributed by atoms with Crippen LogP contribution in [-0.4, -0.2) is 63.0 Å². The summed E-state index contributed by atoms with van der Waals surface area (Å²) in [6.07, 6.45) is 7.68. The summed E-state index contributed by atoms with van der Waals surface area (Å²) in [4.78, 5) is 8.71. The van der Waals surface area contributed by atoms with Crippen LogP contribution in [0.5, 0.6) is 0 Å². The second-order valence-corrected chi connectivity index (χ2v) is 8.24. The number of aromatic nitrogens is 10. The lowest BCUT2D eigenvalue weighted by Gasteiger charge is -2.18. The molecule has 1 aromatic carbocycles.